The number of carbonyl (C=O) groups excluding carboxylic acids is 1. The van der Waals surface area contributed by atoms with E-state index in [9.17, 15) is 33.3 Å². The Kier molecular flexibility index (Phi) is 7.71. The van der Waals surface area contributed by atoms with Crippen LogP contribution in [-0.4, -0.2) is 68.5 Å². The van der Waals surface area contributed by atoms with Crippen molar-refractivity contribution >= 4 is 17.7 Å². The van der Waals surface area contributed by atoms with Crippen molar-refractivity contribution in [3.8, 4) is 0 Å². The number of nitrogens with zero attached hydrogens (tertiary/aromatic N) is 2. The van der Waals surface area contributed by atoms with Crippen LogP contribution in [0, 0.1) is 0 Å². The zero-order chi connectivity index (χ0) is 24.4. The van der Waals surface area contributed by atoms with E-state index in [0.717, 1.165) is 11.0 Å². The highest BCUT2D eigenvalue weighted by Gasteiger charge is 2.62. The van der Waals surface area contributed by atoms with Crippen molar-refractivity contribution in [1.29, 1.82) is 0 Å². The number of halogens is 3. The SMILES string of the molecule is CCOC(=O)[C@@]1(c2ccn(C(F)(F)F)n2)O[C@@H](O)[C@H](O)[C@@H](O)[C@@H]1OCc1ccc(SC)cc1. The lowest BCUT2D eigenvalue weighted by Gasteiger charge is -2.46. The van der Waals surface area contributed by atoms with Gasteiger partial charge in [0.25, 0.3) is 0 Å². The van der Waals surface area contributed by atoms with Gasteiger partial charge in [0, 0.05) is 11.1 Å². The molecule has 2 heterocycles. The average molecular weight is 492 g/mol. The number of benzene rings is 1. The van der Waals surface area contributed by atoms with E-state index in [4.69, 9.17) is 14.2 Å². The van der Waals surface area contributed by atoms with Gasteiger partial charge in [0.15, 0.2) is 6.29 Å². The molecule has 1 fully saturated rings. The molecule has 1 aliphatic rings. The molecule has 1 aromatic heterocycles. The Bertz CT molecular complexity index is 956. The second kappa shape index (κ2) is 9.99. The third-order valence-electron chi connectivity index (χ3n) is 5.06. The van der Waals surface area contributed by atoms with Gasteiger partial charge in [-0.2, -0.15) is 9.78 Å². The third kappa shape index (κ3) is 5.03. The fourth-order valence-corrected chi connectivity index (χ4v) is 3.82. The van der Waals surface area contributed by atoms with Crippen molar-refractivity contribution in [3.05, 3.63) is 47.8 Å². The minimum absolute atomic E-state index is 0.193. The fourth-order valence-electron chi connectivity index (χ4n) is 3.42. The van der Waals surface area contributed by atoms with Crippen LogP contribution in [0.5, 0.6) is 0 Å². The molecule has 0 saturated carbocycles. The number of hydrogen-bond acceptors (Lipinski definition) is 9. The van der Waals surface area contributed by atoms with E-state index >= 15 is 0 Å². The van der Waals surface area contributed by atoms with Crippen molar-refractivity contribution < 1.29 is 47.5 Å². The quantitative estimate of drug-likeness (QED) is 0.390. The highest BCUT2D eigenvalue weighted by molar-refractivity contribution is 7.98. The zero-order valence-corrected chi connectivity index (χ0v) is 18.4. The predicted molar refractivity (Wildman–Crippen MR) is 108 cm³/mol. The van der Waals surface area contributed by atoms with Gasteiger partial charge in [-0.3, -0.25) is 0 Å². The van der Waals surface area contributed by atoms with E-state index in [1.807, 2.05) is 6.26 Å². The van der Waals surface area contributed by atoms with Crippen LogP contribution in [0.4, 0.5) is 13.2 Å². The summed E-state index contributed by atoms with van der Waals surface area (Å²) in [5.41, 5.74) is -2.60. The van der Waals surface area contributed by atoms with Gasteiger partial charge in [-0.25, -0.2) is 4.79 Å². The van der Waals surface area contributed by atoms with E-state index in [-0.39, 0.29) is 17.9 Å². The lowest BCUT2D eigenvalue weighted by molar-refractivity contribution is -0.330. The van der Waals surface area contributed by atoms with Crippen molar-refractivity contribution in [3.63, 3.8) is 0 Å². The Balaban J connectivity index is 2.05. The van der Waals surface area contributed by atoms with Gasteiger partial charge in [0.1, 0.15) is 24.0 Å². The summed E-state index contributed by atoms with van der Waals surface area (Å²) in [6.45, 7) is 1.05. The molecule has 2 aromatic rings. The molecule has 1 aromatic carbocycles. The average Bonchev–Trinajstić information content (AvgIpc) is 3.28. The minimum Gasteiger partial charge on any atom is -0.463 e. The highest BCUT2D eigenvalue weighted by Crippen LogP contribution is 2.41. The number of aromatic nitrogens is 2. The van der Waals surface area contributed by atoms with Crippen molar-refractivity contribution in [2.24, 2.45) is 0 Å². The Morgan fingerprint density at radius 2 is 1.88 bits per heavy atom. The molecule has 5 atom stereocenters. The molecule has 33 heavy (non-hydrogen) atoms. The summed E-state index contributed by atoms with van der Waals surface area (Å²) < 4.78 is 55.1. The number of esters is 1. The lowest BCUT2D eigenvalue weighted by Crippen LogP contribution is -2.66. The first-order valence-corrected chi connectivity index (χ1v) is 11.0. The fraction of sp³-hybridized carbons (Fsp3) is 0.500. The van der Waals surface area contributed by atoms with Gasteiger partial charge >= 0.3 is 12.3 Å². The first-order chi connectivity index (χ1) is 15.5. The van der Waals surface area contributed by atoms with E-state index in [1.54, 1.807) is 24.3 Å². The monoisotopic (exact) mass is 492 g/mol. The van der Waals surface area contributed by atoms with Crippen LogP contribution < -0.4 is 0 Å². The van der Waals surface area contributed by atoms with Gasteiger partial charge in [-0.05, 0) is 36.9 Å². The number of alkyl halides is 3. The Labute approximate surface area is 191 Å². The molecule has 1 aliphatic heterocycles. The standard InChI is InChI=1S/C20H23F3N2O7S/c1-3-30-18(29)19(13-8-9-25(24-13)20(21,22)23)16(14(26)15(27)17(28)32-19)31-10-11-4-6-12(33-2)7-5-11/h4-9,14-17,26-28H,3,10H2,1-2H3/t14-,15-,16+,17-,19+/m1/s1. The molecule has 3 rings (SSSR count). The van der Waals surface area contributed by atoms with Gasteiger partial charge in [-0.15, -0.1) is 24.9 Å². The number of rotatable bonds is 7. The van der Waals surface area contributed by atoms with Crippen LogP contribution in [0.15, 0.2) is 41.4 Å². The minimum atomic E-state index is -4.91. The zero-order valence-electron chi connectivity index (χ0n) is 17.6. The molecule has 0 radical (unpaired) electrons. The smallest absolute Gasteiger partial charge is 0.463 e. The summed E-state index contributed by atoms with van der Waals surface area (Å²) in [6.07, 6.45) is -10.2. The van der Waals surface area contributed by atoms with Gasteiger partial charge in [-0.1, -0.05) is 12.1 Å². The number of aliphatic hydroxyl groups is 3. The molecule has 3 N–H and O–H groups in total. The van der Waals surface area contributed by atoms with Crippen LogP contribution in [0.25, 0.3) is 0 Å². The second-order valence-corrected chi connectivity index (χ2v) is 8.02. The Morgan fingerprint density at radius 1 is 1.21 bits per heavy atom. The molecule has 0 aliphatic carbocycles. The summed E-state index contributed by atoms with van der Waals surface area (Å²) in [7, 11) is 0. The van der Waals surface area contributed by atoms with Crippen molar-refractivity contribution in [1.82, 2.24) is 9.78 Å². The number of hydrogen-bond donors (Lipinski definition) is 3. The van der Waals surface area contributed by atoms with E-state index in [0.29, 0.717) is 11.8 Å². The molecule has 0 bridgehead atoms. The summed E-state index contributed by atoms with van der Waals surface area (Å²) in [5, 5.41) is 34.3. The van der Waals surface area contributed by atoms with Gasteiger partial charge < -0.3 is 29.5 Å². The molecule has 1 saturated heterocycles. The Morgan fingerprint density at radius 3 is 2.42 bits per heavy atom. The molecular weight excluding hydrogens is 469 g/mol. The molecule has 0 unspecified atom stereocenters. The van der Waals surface area contributed by atoms with E-state index < -0.39 is 48.2 Å². The van der Waals surface area contributed by atoms with Crippen molar-refractivity contribution in [2.75, 3.05) is 12.9 Å². The maximum atomic E-state index is 13.2. The van der Waals surface area contributed by atoms with Gasteiger partial charge in [0.2, 0.25) is 5.60 Å². The maximum absolute atomic E-state index is 13.2. The van der Waals surface area contributed by atoms with Crippen LogP contribution in [0.2, 0.25) is 0 Å². The van der Waals surface area contributed by atoms with Crippen LogP contribution in [0.3, 0.4) is 0 Å². The number of ether oxygens (including phenoxy) is 3. The molecule has 182 valence electrons. The van der Waals surface area contributed by atoms with Gasteiger partial charge in [0.05, 0.1) is 13.2 Å². The summed E-state index contributed by atoms with van der Waals surface area (Å²) in [6, 6.07) is 7.89. The number of aliphatic hydroxyl groups excluding tert-OH is 3. The lowest BCUT2D eigenvalue weighted by atomic mass is 9.83. The topological polar surface area (TPSA) is 123 Å². The third-order valence-corrected chi connectivity index (χ3v) is 5.80. The number of carbonyl (C=O) groups is 1. The highest BCUT2D eigenvalue weighted by atomic mass is 32.2. The van der Waals surface area contributed by atoms with E-state index in [2.05, 4.69) is 5.10 Å². The van der Waals surface area contributed by atoms with Crippen LogP contribution in [0.1, 0.15) is 18.2 Å². The first kappa shape index (κ1) is 25.5. The maximum Gasteiger partial charge on any atom is 0.504 e. The van der Waals surface area contributed by atoms with Crippen LogP contribution >= 0.6 is 11.8 Å². The van der Waals surface area contributed by atoms with Crippen LogP contribution in [-0.2, 0) is 37.5 Å². The predicted octanol–water partition coefficient (Wildman–Crippen LogP) is 1.50. The molecule has 9 nitrogen and oxygen atoms in total. The molecule has 0 amide bonds. The first-order valence-electron chi connectivity index (χ1n) is 9.81. The summed E-state index contributed by atoms with van der Waals surface area (Å²) in [5.74, 6) is -1.25. The number of thioether (sulfide) groups is 1. The Hall–Kier alpha value is -2.16. The second-order valence-electron chi connectivity index (χ2n) is 7.14. The molecule has 13 heteroatoms. The van der Waals surface area contributed by atoms with E-state index in [1.165, 1.54) is 18.7 Å². The van der Waals surface area contributed by atoms with Crippen molar-refractivity contribution in [2.45, 2.75) is 54.9 Å². The largest absolute Gasteiger partial charge is 0.504 e. The molecular formula is C20H23F3N2O7S. The summed E-state index contributed by atoms with van der Waals surface area (Å²) in [4.78, 5) is 14.0. The normalized spacial score (nSPS) is 28.0. The molecule has 0 spiro atoms. The summed E-state index contributed by atoms with van der Waals surface area (Å²) >= 11 is 1.51.